The van der Waals surface area contributed by atoms with Crippen LogP contribution in [0.2, 0.25) is 0 Å². The van der Waals surface area contributed by atoms with E-state index in [4.69, 9.17) is 9.47 Å². The summed E-state index contributed by atoms with van der Waals surface area (Å²) in [7, 11) is 1.54. The molecule has 2 aromatic rings. The van der Waals surface area contributed by atoms with Crippen LogP contribution < -0.4 is 5.32 Å². The van der Waals surface area contributed by atoms with Crippen molar-refractivity contribution in [2.24, 2.45) is 11.8 Å². The van der Waals surface area contributed by atoms with Crippen LogP contribution in [-0.4, -0.2) is 66.8 Å². The van der Waals surface area contributed by atoms with Crippen molar-refractivity contribution in [2.75, 3.05) is 33.4 Å². The van der Waals surface area contributed by atoms with E-state index in [0.29, 0.717) is 25.3 Å². The maximum atomic E-state index is 12.7. The zero-order valence-electron chi connectivity index (χ0n) is 15.9. The number of benzene rings is 1. The molecule has 148 valence electrons. The van der Waals surface area contributed by atoms with Crippen LogP contribution in [0.5, 0.6) is 0 Å². The van der Waals surface area contributed by atoms with E-state index in [-0.39, 0.29) is 42.0 Å². The first kappa shape index (κ1) is 17.7. The molecule has 2 bridgehead atoms. The molecule has 0 saturated carbocycles. The van der Waals surface area contributed by atoms with Crippen LogP contribution in [-0.2, 0) is 14.3 Å². The number of fused-ring (bicyclic) bond motifs is 2. The summed E-state index contributed by atoms with van der Waals surface area (Å²) in [4.78, 5) is 30.0. The second kappa shape index (κ2) is 6.60. The van der Waals surface area contributed by atoms with Crippen LogP contribution in [0, 0.1) is 11.8 Å². The van der Waals surface area contributed by atoms with Gasteiger partial charge in [-0.25, -0.2) is 0 Å². The lowest BCUT2D eigenvalue weighted by molar-refractivity contribution is -0.135. The predicted octanol–water partition coefficient (Wildman–Crippen LogP) is 1.55. The standard InChI is InChI=1S/C21H25N3O4/c1-27-11-19(25)24-10-15-14(18-6-7-21(15,12-24)28-18)9-22-20(26)17-8-13-4-2-3-5-16(13)23-17/h2-5,8,14-15,18,23H,6-7,9-12H2,1H3,(H,22,26)/t14-,15+,18+,21+/m0/s1. The molecule has 1 aromatic heterocycles. The summed E-state index contributed by atoms with van der Waals surface area (Å²) < 4.78 is 11.3. The van der Waals surface area contributed by atoms with E-state index in [0.717, 1.165) is 23.7 Å². The minimum Gasteiger partial charge on any atom is -0.375 e. The molecule has 0 unspecified atom stereocenters. The Morgan fingerprint density at radius 1 is 1.39 bits per heavy atom. The first-order valence-corrected chi connectivity index (χ1v) is 9.90. The molecule has 2 N–H and O–H groups in total. The number of rotatable bonds is 5. The lowest BCUT2D eigenvalue weighted by Crippen LogP contribution is -2.42. The predicted molar refractivity (Wildman–Crippen MR) is 103 cm³/mol. The van der Waals surface area contributed by atoms with E-state index in [1.54, 1.807) is 0 Å². The molecule has 3 aliphatic heterocycles. The summed E-state index contributed by atoms with van der Waals surface area (Å²) in [5, 5.41) is 4.11. The molecule has 3 saturated heterocycles. The highest BCUT2D eigenvalue weighted by molar-refractivity contribution is 5.97. The van der Waals surface area contributed by atoms with Crippen molar-refractivity contribution in [3.05, 3.63) is 36.0 Å². The number of aromatic amines is 1. The number of carbonyl (C=O) groups excluding carboxylic acids is 2. The van der Waals surface area contributed by atoms with Gasteiger partial charge in [-0.3, -0.25) is 9.59 Å². The number of likely N-dealkylation sites (tertiary alicyclic amines) is 1. The molecule has 7 heteroatoms. The van der Waals surface area contributed by atoms with Gasteiger partial charge in [0.2, 0.25) is 5.91 Å². The van der Waals surface area contributed by atoms with Crippen molar-refractivity contribution >= 4 is 22.7 Å². The van der Waals surface area contributed by atoms with Crippen LogP contribution in [0.1, 0.15) is 23.3 Å². The van der Waals surface area contributed by atoms with Crippen LogP contribution in [0.3, 0.4) is 0 Å². The Balaban J connectivity index is 1.27. The monoisotopic (exact) mass is 383 g/mol. The molecule has 7 nitrogen and oxygen atoms in total. The third-order valence-corrected chi connectivity index (χ3v) is 6.68. The number of nitrogens with zero attached hydrogens (tertiary/aromatic N) is 1. The van der Waals surface area contributed by atoms with Crippen molar-refractivity contribution < 1.29 is 19.1 Å². The van der Waals surface area contributed by atoms with Gasteiger partial charge in [-0.15, -0.1) is 0 Å². The molecule has 4 heterocycles. The number of carbonyl (C=O) groups is 2. The van der Waals surface area contributed by atoms with Crippen molar-refractivity contribution in [3.8, 4) is 0 Å². The molecular weight excluding hydrogens is 358 g/mol. The highest BCUT2D eigenvalue weighted by Gasteiger charge is 2.63. The molecular formula is C21H25N3O4. The Labute approximate surface area is 163 Å². The van der Waals surface area contributed by atoms with Crippen molar-refractivity contribution in [2.45, 2.75) is 24.5 Å². The molecule has 5 rings (SSSR count). The van der Waals surface area contributed by atoms with Crippen molar-refractivity contribution in [3.63, 3.8) is 0 Å². The molecule has 1 spiro atoms. The lowest BCUT2D eigenvalue weighted by atomic mass is 9.73. The normalized spacial score (nSPS) is 30.8. The summed E-state index contributed by atoms with van der Waals surface area (Å²) in [6, 6.07) is 9.73. The summed E-state index contributed by atoms with van der Waals surface area (Å²) >= 11 is 0. The van der Waals surface area contributed by atoms with E-state index < -0.39 is 0 Å². The molecule has 2 amide bonds. The van der Waals surface area contributed by atoms with Crippen LogP contribution in [0.15, 0.2) is 30.3 Å². The average Bonchev–Trinajstić information content (AvgIpc) is 3.44. The third kappa shape index (κ3) is 2.72. The van der Waals surface area contributed by atoms with Crippen LogP contribution in [0.25, 0.3) is 10.9 Å². The van der Waals surface area contributed by atoms with Gasteiger partial charge < -0.3 is 24.7 Å². The second-order valence-electron chi connectivity index (χ2n) is 8.22. The Hall–Kier alpha value is -2.38. The van der Waals surface area contributed by atoms with Crippen molar-refractivity contribution in [1.29, 1.82) is 0 Å². The van der Waals surface area contributed by atoms with E-state index in [9.17, 15) is 9.59 Å². The SMILES string of the molecule is COCC(=O)N1C[C@@H]2[C@H](CNC(=O)c3cc4ccccc4[nH]3)[C@H]3CC[C@]2(C1)O3. The van der Waals surface area contributed by atoms with E-state index in [1.807, 2.05) is 35.2 Å². The minimum absolute atomic E-state index is 0.0131. The lowest BCUT2D eigenvalue weighted by Gasteiger charge is -2.29. The molecule has 1 aromatic carbocycles. The number of nitrogens with one attached hydrogen (secondary N) is 2. The fourth-order valence-electron chi connectivity index (χ4n) is 5.37. The fourth-order valence-corrected chi connectivity index (χ4v) is 5.37. The van der Waals surface area contributed by atoms with Gasteiger partial charge in [0.15, 0.2) is 0 Å². The molecule has 3 fully saturated rings. The molecule has 28 heavy (non-hydrogen) atoms. The zero-order chi connectivity index (χ0) is 19.3. The van der Waals surface area contributed by atoms with Gasteiger partial charge in [-0.05, 0) is 25.0 Å². The molecule has 3 aliphatic rings. The first-order valence-electron chi connectivity index (χ1n) is 9.90. The summed E-state index contributed by atoms with van der Waals surface area (Å²) in [5.41, 5.74) is 1.30. The van der Waals surface area contributed by atoms with Crippen LogP contribution >= 0.6 is 0 Å². The number of H-pyrrole nitrogens is 1. The van der Waals surface area contributed by atoms with E-state index >= 15 is 0 Å². The van der Waals surface area contributed by atoms with E-state index in [1.165, 1.54) is 7.11 Å². The Bertz CT molecular complexity index is 892. The maximum Gasteiger partial charge on any atom is 0.267 e. The highest BCUT2D eigenvalue weighted by atomic mass is 16.5. The van der Waals surface area contributed by atoms with Gasteiger partial charge in [0.05, 0.1) is 18.2 Å². The molecule has 4 atom stereocenters. The Morgan fingerprint density at radius 3 is 3.07 bits per heavy atom. The Morgan fingerprint density at radius 2 is 2.25 bits per heavy atom. The third-order valence-electron chi connectivity index (χ3n) is 6.68. The van der Waals surface area contributed by atoms with Gasteiger partial charge in [-0.2, -0.15) is 0 Å². The fraction of sp³-hybridized carbons (Fsp3) is 0.524. The number of aromatic nitrogens is 1. The maximum absolute atomic E-state index is 12.7. The number of hydrogen-bond acceptors (Lipinski definition) is 4. The molecule has 0 aliphatic carbocycles. The average molecular weight is 383 g/mol. The largest absolute Gasteiger partial charge is 0.375 e. The smallest absolute Gasteiger partial charge is 0.267 e. The highest BCUT2D eigenvalue weighted by Crippen LogP contribution is 2.54. The number of para-hydroxylation sites is 1. The summed E-state index contributed by atoms with van der Waals surface area (Å²) in [6.07, 6.45) is 2.16. The topological polar surface area (TPSA) is 83.7 Å². The number of methoxy groups -OCH3 is 1. The first-order chi connectivity index (χ1) is 13.6. The summed E-state index contributed by atoms with van der Waals surface area (Å²) in [5.74, 6) is 0.426. The van der Waals surface area contributed by atoms with Gasteiger partial charge >= 0.3 is 0 Å². The Kier molecular flexibility index (Phi) is 4.17. The van der Waals surface area contributed by atoms with Crippen LogP contribution in [0.4, 0.5) is 0 Å². The van der Waals surface area contributed by atoms with Gasteiger partial charge in [-0.1, -0.05) is 18.2 Å². The summed E-state index contributed by atoms with van der Waals surface area (Å²) in [6.45, 7) is 2.00. The second-order valence-corrected chi connectivity index (χ2v) is 8.22. The number of hydrogen-bond donors (Lipinski definition) is 2. The van der Waals surface area contributed by atoms with Gasteiger partial charge in [0.25, 0.3) is 5.91 Å². The number of ether oxygens (including phenoxy) is 2. The van der Waals surface area contributed by atoms with Gasteiger partial charge in [0.1, 0.15) is 12.3 Å². The van der Waals surface area contributed by atoms with E-state index in [2.05, 4.69) is 10.3 Å². The molecule has 0 radical (unpaired) electrons. The minimum atomic E-state index is -0.232. The van der Waals surface area contributed by atoms with Crippen molar-refractivity contribution in [1.82, 2.24) is 15.2 Å². The number of amides is 2. The zero-order valence-corrected chi connectivity index (χ0v) is 15.9. The van der Waals surface area contributed by atoms with Gasteiger partial charge in [0, 0.05) is 42.9 Å². The quantitative estimate of drug-likeness (QED) is 0.821.